The van der Waals surface area contributed by atoms with Gasteiger partial charge in [-0.15, -0.1) is 0 Å². The molecule has 0 fully saturated rings. The second kappa shape index (κ2) is 5.93. The SMILES string of the molecule is Cc1cc(CNC(C)c2ccccc2Br)c(C)n1C. The normalized spacial score (nSPS) is 12.7. The molecule has 102 valence electrons. The van der Waals surface area contributed by atoms with Crippen LogP contribution in [0.1, 0.15) is 35.5 Å². The predicted octanol–water partition coefficient (Wildman–Crippen LogP) is 4.26. The van der Waals surface area contributed by atoms with Crippen molar-refractivity contribution in [2.75, 3.05) is 0 Å². The molecule has 0 spiro atoms. The molecule has 0 radical (unpaired) electrons. The van der Waals surface area contributed by atoms with Crippen LogP contribution >= 0.6 is 15.9 Å². The van der Waals surface area contributed by atoms with E-state index in [-0.39, 0.29) is 0 Å². The Bertz CT molecular complexity index is 572. The van der Waals surface area contributed by atoms with Gasteiger partial charge in [-0.1, -0.05) is 34.1 Å². The van der Waals surface area contributed by atoms with Gasteiger partial charge in [0.2, 0.25) is 0 Å². The van der Waals surface area contributed by atoms with E-state index < -0.39 is 0 Å². The highest BCUT2D eigenvalue weighted by Gasteiger charge is 2.10. The Morgan fingerprint density at radius 1 is 1.26 bits per heavy atom. The summed E-state index contributed by atoms with van der Waals surface area (Å²) in [5, 5.41) is 3.59. The minimum absolute atomic E-state index is 0.329. The third-order valence-electron chi connectivity index (χ3n) is 3.85. The van der Waals surface area contributed by atoms with Crippen LogP contribution in [0.3, 0.4) is 0 Å². The van der Waals surface area contributed by atoms with Crippen LogP contribution in [0.25, 0.3) is 0 Å². The molecule has 2 rings (SSSR count). The lowest BCUT2D eigenvalue weighted by molar-refractivity contribution is 0.571. The number of aryl methyl sites for hydroxylation is 1. The summed E-state index contributed by atoms with van der Waals surface area (Å²) in [7, 11) is 2.12. The predicted molar refractivity (Wildman–Crippen MR) is 84.3 cm³/mol. The van der Waals surface area contributed by atoms with Crippen molar-refractivity contribution >= 4 is 15.9 Å². The molecule has 19 heavy (non-hydrogen) atoms. The minimum Gasteiger partial charge on any atom is -0.352 e. The molecule has 1 heterocycles. The zero-order chi connectivity index (χ0) is 14.0. The highest BCUT2D eigenvalue weighted by Crippen LogP contribution is 2.23. The minimum atomic E-state index is 0.329. The molecule has 0 amide bonds. The van der Waals surface area contributed by atoms with Gasteiger partial charge in [0.05, 0.1) is 0 Å². The standard InChI is InChI=1S/C16H21BrN2/c1-11-9-14(13(3)19(11)4)10-18-12(2)15-7-5-6-8-16(15)17/h5-9,12,18H,10H2,1-4H3. The van der Waals surface area contributed by atoms with Gasteiger partial charge < -0.3 is 9.88 Å². The first-order valence-corrected chi connectivity index (χ1v) is 7.39. The van der Waals surface area contributed by atoms with Crippen LogP contribution in [0.5, 0.6) is 0 Å². The average Bonchev–Trinajstić information content (AvgIpc) is 2.64. The van der Waals surface area contributed by atoms with Gasteiger partial charge in [-0.05, 0) is 44.0 Å². The Hall–Kier alpha value is -1.06. The first kappa shape index (κ1) is 14.4. The number of rotatable bonds is 4. The quantitative estimate of drug-likeness (QED) is 0.890. The Labute approximate surface area is 124 Å². The molecule has 1 aromatic carbocycles. The Morgan fingerprint density at radius 2 is 1.95 bits per heavy atom. The third-order valence-corrected chi connectivity index (χ3v) is 4.57. The van der Waals surface area contributed by atoms with Crippen molar-refractivity contribution in [2.45, 2.75) is 33.4 Å². The van der Waals surface area contributed by atoms with Gasteiger partial charge in [-0.25, -0.2) is 0 Å². The van der Waals surface area contributed by atoms with Gasteiger partial charge in [0.15, 0.2) is 0 Å². The highest BCUT2D eigenvalue weighted by atomic mass is 79.9. The fourth-order valence-corrected chi connectivity index (χ4v) is 2.94. The molecule has 1 atom stereocenters. The second-order valence-corrected chi connectivity index (χ2v) is 5.93. The number of hydrogen-bond donors (Lipinski definition) is 1. The monoisotopic (exact) mass is 320 g/mol. The van der Waals surface area contributed by atoms with Crippen LogP contribution in [-0.2, 0) is 13.6 Å². The maximum atomic E-state index is 3.61. The Morgan fingerprint density at radius 3 is 2.53 bits per heavy atom. The van der Waals surface area contributed by atoms with E-state index in [9.17, 15) is 0 Å². The van der Waals surface area contributed by atoms with E-state index in [1.165, 1.54) is 22.5 Å². The van der Waals surface area contributed by atoms with Crippen molar-refractivity contribution in [1.29, 1.82) is 0 Å². The van der Waals surface area contributed by atoms with Gasteiger partial charge in [0.1, 0.15) is 0 Å². The highest BCUT2D eigenvalue weighted by molar-refractivity contribution is 9.10. The molecule has 1 unspecified atom stereocenters. The number of halogens is 1. The van der Waals surface area contributed by atoms with Crippen LogP contribution in [-0.4, -0.2) is 4.57 Å². The van der Waals surface area contributed by atoms with Crippen LogP contribution in [0.4, 0.5) is 0 Å². The largest absolute Gasteiger partial charge is 0.352 e. The molecular weight excluding hydrogens is 300 g/mol. The first-order chi connectivity index (χ1) is 9.00. The average molecular weight is 321 g/mol. The van der Waals surface area contributed by atoms with Crippen molar-refractivity contribution in [3.8, 4) is 0 Å². The number of nitrogens with one attached hydrogen (secondary N) is 1. The molecule has 3 heteroatoms. The summed E-state index contributed by atoms with van der Waals surface area (Å²) in [6.07, 6.45) is 0. The molecular formula is C16H21BrN2. The molecule has 0 bridgehead atoms. The smallest absolute Gasteiger partial charge is 0.0306 e. The number of aromatic nitrogens is 1. The fourth-order valence-electron chi connectivity index (χ4n) is 2.31. The summed E-state index contributed by atoms with van der Waals surface area (Å²) < 4.78 is 3.40. The van der Waals surface area contributed by atoms with Gasteiger partial charge in [-0.3, -0.25) is 0 Å². The zero-order valence-corrected chi connectivity index (χ0v) is 13.6. The van der Waals surface area contributed by atoms with Gasteiger partial charge in [0, 0.05) is 35.5 Å². The number of nitrogens with zero attached hydrogens (tertiary/aromatic N) is 1. The van der Waals surface area contributed by atoms with Gasteiger partial charge in [-0.2, -0.15) is 0 Å². The lowest BCUT2D eigenvalue weighted by Gasteiger charge is -2.16. The molecule has 0 aliphatic rings. The van der Waals surface area contributed by atoms with Crippen molar-refractivity contribution in [3.05, 3.63) is 57.3 Å². The number of hydrogen-bond acceptors (Lipinski definition) is 1. The van der Waals surface area contributed by atoms with E-state index >= 15 is 0 Å². The van der Waals surface area contributed by atoms with E-state index in [0.29, 0.717) is 6.04 Å². The molecule has 0 saturated carbocycles. The lowest BCUT2D eigenvalue weighted by Crippen LogP contribution is -2.18. The molecule has 0 aliphatic carbocycles. The number of benzene rings is 1. The van der Waals surface area contributed by atoms with E-state index in [2.05, 4.69) is 77.9 Å². The molecule has 1 aromatic heterocycles. The van der Waals surface area contributed by atoms with E-state index in [1.54, 1.807) is 0 Å². The summed E-state index contributed by atoms with van der Waals surface area (Å²) in [6, 6.07) is 11.0. The van der Waals surface area contributed by atoms with Crippen molar-refractivity contribution in [1.82, 2.24) is 9.88 Å². The van der Waals surface area contributed by atoms with Crippen LogP contribution < -0.4 is 5.32 Å². The van der Waals surface area contributed by atoms with E-state index in [0.717, 1.165) is 11.0 Å². The summed E-state index contributed by atoms with van der Waals surface area (Å²) in [5.41, 5.74) is 5.32. The molecule has 0 saturated heterocycles. The van der Waals surface area contributed by atoms with Crippen molar-refractivity contribution < 1.29 is 0 Å². The molecule has 1 N–H and O–H groups in total. The van der Waals surface area contributed by atoms with Crippen LogP contribution in [0.2, 0.25) is 0 Å². The van der Waals surface area contributed by atoms with Gasteiger partial charge >= 0.3 is 0 Å². The maximum Gasteiger partial charge on any atom is 0.0306 e. The van der Waals surface area contributed by atoms with Gasteiger partial charge in [0.25, 0.3) is 0 Å². The summed E-state index contributed by atoms with van der Waals surface area (Å²) in [4.78, 5) is 0. The van der Waals surface area contributed by atoms with Crippen molar-refractivity contribution in [2.24, 2.45) is 7.05 Å². The Balaban J connectivity index is 2.06. The topological polar surface area (TPSA) is 17.0 Å². The summed E-state index contributed by atoms with van der Waals surface area (Å²) >= 11 is 3.61. The first-order valence-electron chi connectivity index (χ1n) is 6.60. The molecule has 2 nitrogen and oxygen atoms in total. The maximum absolute atomic E-state index is 3.61. The summed E-state index contributed by atoms with van der Waals surface area (Å²) in [5.74, 6) is 0. The van der Waals surface area contributed by atoms with E-state index in [4.69, 9.17) is 0 Å². The van der Waals surface area contributed by atoms with Crippen LogP contribution in [0, 0.1) is 13.8 Å². The fraction of sp³-hybridized carbons (Fsp3) is 0.375. The van der Waals surface area contributed by atoms with Crippen molar-refractivity contribution in [3.63, 3.8) is 0 Å². The zero-order valence-electron chi connectivity index (χ0n) is 12.0. The molecule has 0 aliphatic heterocycles. The molecule has 2 aromatic rings. The van der Waals surface area contributed by atoms with Crippen LogP contribution in [0.15, 0.2) is 34.8 Å². The second-order valence-electron chi connectivity index (χ2n) is 5.08. The lowest BCUT2D eigenvalue weighted by atomic mass is 10.1. The Kier molecular flexibility index (Phi) is 4.48. The van der Waals surface area contributed by atoms with E-state index in [1.807, 2.05) is 6.07 Å². The summed E-state index contributed by atoms with van der Waals surface area (Å²) in [6.45, 7) is 7.42. The third kappa shape index (κ3) is 3.10.